The molecule has 0 unspecified atom stereocenters. The van der Waals surface area contributed by atoms with Crippen molar-refractivity contribution in [2.24, 2.45) is 0 Å². The molecule has 0 heterocycles. The van der Waals surface area contributed by atoms with Crippen molar-refractivity contribution in [3.8, 4) is 0 Å². The van der Waals surface area contributed by atoms with Gasteiger partial charge in [-0.2, -0.15) is 0 Å². The highest BCUT2D eigenvalue weighted by molar-refractivity contribution is 7.89. The van der Waals surface area contributed by atoms with Gasteiger partial charge in [-0.3, -0.25) is 0 Å². The molecule has 0 fully saturated rings. The van der Waals surface area contributed by atoms with E-state index in [0.717, 1.165) is 11.1 Å². The smallest absolute Gasteiger partial charge is 0.158 e. The van der Waals surface area contributed by atoms with Crippen molar-refractivity contribution in [3.05, 3.63) is 70.8 Å². The zero-order chi connectivity index (χ0) is 16.2. The second-order valence-corrected chi connectivity index (χ2v) is 7.97. The predicted octanol–water partition coefficient (Wildman–Crippen LogP) is 3.42. The summed E-state index contributed by atoms with van der Waals surface area (Å²) in [6.07, 6.45) is 0. The highest BCUT2D eigenvalue weighted by atomic mass is 32.2. The Kier molecular flexibility index (Phi) is 5.37. The zero-order valence-corrected chi connectivity index (χ0v) is 13.8. The summed E-state index contributed by atoms with van der Waals surface area (Å²) in [5.74, 6) is 0.466. The van der Waals surface area contributed by atoms with Gasteiger partial charge in [0.1, 0.15) is 0 Å². The van der Waals surface area contributed by atoms with Crippen LogP contribution in [0.3, 0.4) is 0 Å². The van der Waals surface area contributed by atoms with Gasteiger partial charge in [0.2, 0.25) is 0 Å². The van der Waals surface area contributed by atoms with E-state index < -0.39 is 9.84 Å². The molecule has 0 atom stereocenters. The molecule has 118 valence electrons. The van der Waals surface area contributed by atoms with Crippen molar-refractivity contribution >= 4 is 9.84 Å². The fraction of sp³-hybridized carbons (Fsp3) is 0.333. The number of hydrogen-bond acceptors (Lipinski definition) is 3. The van der Waals surface area contributed by atoms with E-state index in [0.29, 0.717) is 11.5 Å². The number of sulfone groups is 1. The first-order valence-corrected chi connectivity index (χ1v) is 9.20. The van der Waals surface area contributed by atoms with Crippen LogP contribution in [-0.4, -0.2) is 13.5 Å². The molecule has 0 aliphatic carbocycles. The first kappa shape index (κ1) is 16.7. The second-order valence-electron chi connectivity index (χ2n) is 5.91. The molecule has 0 amide bonds. The van der Waals surface area contributed by atoms with E-state index in [4.69, 9.17) is 5.11 Å². The van der Waals surface area contributed by atoms with Gasteiger partial charge in [-0.15, -0.1) is 0 Å². The molecule has 1 N–H and O–H groups in total. The Labute approximate surface area is 132 Å². The average molecular weight is 318 g/mol. The van der Waals surface area contributed by atoms with Crippen LogP contribution in [0, 0.1) is 0 Å². The largest absolute Gasteiger partial charge is 0.392 e. The summed E-state index contributed by atoms with van der Waals surface area (Å²) in [4.78, 5) is 0. The van der Waals surface area contributed by atoms with Crippen molar-refractivity contribution in [2.45, 2.75) is 37.9 Å². The third-order valence-electron chi connectivity index (χ3n) is 3.59. The van der Waals surface area contributed by atoms with Crippen molar-refractivity contribution < 1.29 is 13.5 Å². The van der Waals surface area contributed by atoms with Crippen LogP contribution < -0.4 is 0 Å². The molecule has 0 aromatic heterocycles. The van der Waals surface area contributed by atoms with Gasteiger partial charge in [0.25, 0.3) is 0 Å². The molecule has 0 saturated heterocycles. The van der Waals surface area contributed by atoms with Crippen molar-refractivity contribution in [2.75, 3.05) is 0 Å². The quantitative estimate of drug-likeness (QED) is 0.888. The predicted molar refractivity (Wildman–Crippen MR) is 89.2 cm³/mol. The standard InChI is InChI=1S/C18H22O3S/c1-14(2)18-8-6-15(7-9-18)12-22(20,21)13-17-5-3-4-16(10-17)11-19/h3-10,14,19H,11-13H2,1-2H3. The number of aliphatic hydroxyl groups is 1. The van der Waals surface area contributed by atoms with Crippen LogP contribution in [-0.2, 0) is 27.9 Å². The summed E-state index contributed by atoms with van der Waals surface area (Å²) < 4.78 is 24.7. The van der Waals surface area contributed by atoms with Gasteiger partial charge in [-0.05, 0) is 28.2 Å². The van der Waals surface area contributed by atoms with Gasteiger partial charge in [0, 0.05) is 0 Å². The lowest BCUT2D eigenvalue weighted by Gasteiger charge is -2.08. The maximum Gasteiger partial charge on any atom is 0.158 e. The Morgan fingerprint density at radius 3 is 2.09 bits per heavy atom. The van der Waals surface area contributed by atoms with Gasteiger partial charge in [-0.25, -0.2) is 8.42 Å². The van der Waals surface area contributed by atoms with E-state index in [1.807, 2.05) is 24.3 Å². The lowest BCUT2D eigenvalue weighted by atomic mass is 10.0. The van der Waals surface area contributed by atoms with Crippen molar-refractivity contribution in [1.82, 2.24) is 0 Å². The van der Waals surface area contributed by atoms with Crippen LogP contribution in [0.5, 0.6) is 0 Å². The van der Waals surface area contributed by atoms with Crippen LogP contribution >= 0.6 is 0 Å². The fourth-order valence-corrected chi connectivity index (χ4v) is 3.87. The van der Waals surface area contributed by atoms with Crippen LogP contribution in [0.15, 0.2) is 48.5 Å². The van der Waals surface area contributed by atoms with Crippen LogP contribution in [0.25, 0.3) is 0 Å². The normalized spacial score (nSPS) is 11.8. The van der Waals surface area contributed by atoms with Gasteiger partial charge in [0.15, 0.2) is 9.84 Å². The minimum Gasteiger partial charge on any atom is -0.392 e. The number of aliphatic hydroxyl groups excluding tert-OH is 1. The van der Waals surface area contributed by atoms with E-state index >= 15 is 0 Å². The van der Waals surface area contributed by atoms with Crippen LogP contribution in [0.2, 0.25) is 0 Å². The molecule has 2 aromatic rings. The Hall–Kier alpha value is -1.65. The molecular formula is C18H22O3S. The van der Waals surface area contributed by atoms with E-state index in [1.54, 1.807) is 24.3 Å². The minimum atomic E-state index is -3.23. The highest BCUT2D eigenvalue weighted by Crippen LogP contribution is 2.18. The Morgan fingerprint density at radius 1 is 0.909 bits per heavy atom. The molecule has 0 radical (unpaired) electrons. The first-order chi connectivity index (χ1) is 10.4. The van der Waals surface area contributed by atoms with Crippen molar-refractivity contribution in [1.29, 1.82) is 0 Å². The molecule has 0 aliphatic rings. The van der Waals surface area contributed by atoms with Gasteiger partial charge in [-0.1, -0.05) is 62.4 Å². The summed E-state index contributed by atoms with van der Waals surface area (Å²) in [6.45, 7) is 4.14. The molecule has 3 nitrogen and oxygen atoms in total. The SMILES string of the molecule is CC(C)c1ccc(CS(=O)(=O)Cc2cccc(CO)c2)cc1. The topological polar surface area (TPSA) is 54.4 Å². The molecule has 22 heavy (non-hydrogen) atoms. The molecule has 4 heteroatoms. The molecule has 0 bridgehead atoms. The average Bonchev–Trinajstić information content (AvgIpc) is 2.47. The monoisotopic (exact) mass is 318 g/mol. The van der Waals surface area contributed by atoms with Crippen LogP contribution in [0.1, 0.15) is 42.0 Å². The summed E-state index contributed by atoms with van der Waals surface area (Å²) in [5, 5.41) is 9.12. The van der Waals surface area contributed by atoms with Gasteiger partial charge in [0.05, 0.1) is 18.1 Å². The third kappa shape index (κ3) is 4.68. The number of hydrogen-bond donors (Lipinski definition) is 1. The summed E-state index contributed by atoms with van der Waals surface area (Å²) in [7, 11) is -3.23. The number of benzene rings is 2. The summed E-state index contributed by atoms with van der Waals surface area (Å²) >= 11 is 0. The summed E-state index contributed by atoms with van der Waals surface area (Å²) in [5.41, 5.74) is 3.46. The zero-order valence-electron chi connectivity index (χ0n) is 13.0. The summed E-state index contributed by atoms with van der Waals surface area (Å²) in [6, 6.07) is 14.8. The van der Waals surface area contributed by atoms with Crippen LogP contribution in [0.4, 0.5) is 0 Å². The molecule has 0 aliphatic heterocycles. The lowest BCUT2D eigenvalue weighted by Crippen LogP contribution is -2.08. The van der Waals surface area contributed by atoms with Crippen molar-refractivity contribution in [3.63, 3.8) is 0 Å². The first-order valence-electron chi connectivity index (χ1n) is 7.37. The van der Waals surface area contributed by atoms with E-state index in [1.165, 1.54) is 5.56 Å². The molecule has 0 saturated carbocycles. The Bertz CT molecular complexity index is 716. The van der Waals surface area contributed by atoms with E-state index in [-0.39, 0.29) is 18.1 Å². The Morgan fingerprint density at radius 2 is 1.50 bits per heavy atom. The molecular weight excluding hydrogens is 296 g/mol. The fourth-order valence-electron chi connectivity index (χ4n) is 2.38. The second kappa shape index (κ2) is 7.07. The minimum absolute atomic E-state index is 0.00717. The van der Waals surface area contributed by atoms with E-state index in [9.17, 15) is 8.42 Å². The van der Waals surface area contributed by atoms with Gasteiger partial charge < -0.3 is 5.11 Å². The molecule has 0 spiro atoms. The third-order valence-corrected chi connectivity index (χ3v) is 5.14. The number of rotatable bonds is 6. The highest BCUT2D eigenvalue weighted by Gasteiger charge is 2.13. The molecule has 2 rings (SSSR count). The Balaban J connectivity index is 2.10. The maximum absolute atomic E-state index is 12.3. The maximum atomic E-state index is 12.3. The molecule has 2 aromatic carbocycles. The van der Waals surface area contributed by atoms with E-state index in [2.05, 4.69) is 13.8 Å². The lowest BCUT2D eigenvalue weighted by molar-refractivity contribution is 0.282. The van der Waals surface area contributed by atoms with Gasteiger partial charge >= 0.3 is 0 Å².